The predicted molar refractivity (Wildman–Crippen MR) is 170 cm³/mol. The molecule has 4 heterocycles. The minimum atomic E-state index is -0.125. The number of benzene rings is 3. The second-order valence-electron chi connectivity index (χ2n) is 12.0. The van der Waals surface area contributed by atoms with E-state index in [-0.39, 0.29) is 5.56 Å². The SMILES string of the molecule is O=c1[nH]c2cc3nc(C4CCN(c5ccccc5)CC4)n(CCCN4CCCCC4)c3cc2nc1Cc1ccccc1. The average Bonchev–Trinajstić information content (AvgIpc) is 3.39. The lowest BCUT2D eigenvalue weighted by Gasteiger charge is -2.33. The lowest BCUT2D eigenvalue weighted by atomic mass is 9.95. The average molecular weight is 561 g/mol. The maximum absolute atomic E-state index is 13.0. The second kappa shape index (κ2) is 12.1. The Morgan fingerprint density at radius 1 is 0.786 bits per heavy atom. The van der Waals surface area contributed by atoms with Gasteiger partial charge in [-0.25, -0.2) is 9.97 Å². The molecule has 0 saturated carbocycles. The fourth-order valence-electron chi connectivity index (χ4n) is 6.89. The Morgan fingerprint density at radius 3 is 2.29 bits per heavy atom. The van der Waals surface area contributed by atoms with Gasteiger partial charge in [0.1, 0.15) is 11.5 Å². The third-order valence-electron chi connectivity index (χ3n) is 9.16. The van der Waals surface area contributed by atoms with Crippen molar-refractivity contribution >= 4 is 27.8 Å². The number of piperidine rings is 2. The molecule has 0 aliphatic carbocycles. The van der Waals surface area contributed by atoms with Gasteiger partial charge in [0.15, 0.2) is 0 Å². The molecule has 216 valence electrons. The van der Waals surface area contributed by atoms with Gasteiger partial charge in [0.05, 0.1) is 22.1 Å². The van der Waals surface area contributed by atoms with Crippen LogP contribution in [0.1, 0.15) is 61.5 Å². The van der Waals surface area contributed by atoms with Crippen LogP contribution in [0, 0.1) is 0 Å². The quantitative estimate of drug-likeness (QED) is 0.248. The predicted octanol–water partition coefficient (Wildman–Crippen LogP) is 6.12. The van der Waals surface area contributed by atoms with E-state index in [1.807, 2.05) is 36.4 Å². The molecule has 0 bridgehead atoms. The van der Waals surface area contributed by atoms with Crippen LogP contribution in [0.2, 0.25) is 0 Å². The third-order valence-corrected chi connectivity index (χ3v) is 9.16. The molecule has 7 rings (SSSR count). The number of aromatic nitrogens is 4. The number of rotatable bonds is 8. The van der Waals surface area contributed by atoms with Crippen molar-refractivity contribution in [3.05, 3.63) is 100 Å². The molecule has 2 saturated heterocycles. The van der Waals surface area contributed by atoms with Crippen LogP contribution in [0.25, 0.3) is 22.1 Å². The van der Waals surface area contributed by atoms with Gasteiger partial charge >= 0.3 is 0 Å². The first-order chi connectivity index (χ1) is 20.7. The monoisotopic (exact) mass is 560 g/mol. The minimum absolute atomic E-state index is 0.125. The molecule has 7 nitrogen and oxygen atoms in total. The van der Waals surface area contributed by atoms with Crippen LogP contribution >= 0.6 is 0 Å². The summed E-state index contributed by atoms with van der Waals surface area (Å²) in [5.74, 6) is 1.61. The molecule has 2 aliphatic rings. The number of H-pyrrole nitrogens is 1. The zero-order valence-corrected chi connectivity index (χ0v) is 24.3. The van der Waals surface area contributed by atoms with Crippen LogP contribution in [-0.2, 0) is 13.0 Å². The number of hydrogen-bond acceptors (Lipinski definition) is 5. The lowest BCUT2D eigenvalue weighted by Crippen LogP contribution is -2.34. The summed E-state index contributed by atoms with van der Waals surface area (Å²) in [6.07, 6.45) is 7.80. The number of para-hydroxylation sites is 1. The number of anilines is 1. The van der Waals surface area contributed by atoms with Crippen LogP contribution in [0.3, 0.4) is 0 Å². The number of hydrogen-bond donors (Lipinski definition) is 1. The number of aryl methyl sites for hydroxylation is 1. The Kier molecular flexibility index (Phi) is 7.75. The molecule has 2 fully saturated rings. The van der Waals surface area contributed by atoms with Gasteiger partial charge in [-0.1, -0.05) is 55.0 Å². The Labute approximate surface area is 247 Å². The molecule has 0 unspecified atom stereocenters. The molecule has 0 spiro atoms. The Hall–Kier alpha value is -3.97. The lowest BCUT2D eigenvalue weighted by molar-refractivity contribution is 0.222. The molecule has 5 aromatic rings. The van der Waals surface area contributed by atoms with E-state index in [1.165, 1.54) is 43.9 Å². The highest BCUT2D eigenvalue weighted by Gasteiger charge is 2.26. The molecule has 42 heavy (non-hydrogen) atoms. The summed E-state index contributed by atoms with van der Waals surface area (Å²) >= 11 is 0. The number of likely N-dealkylation sites (tertiary alicyclic amines) is 1. The van der Waals surface area contributed by atoms with Crippen molar-refractivity contribution in [1.82, 2.24) is 24.4 Å². The molecule has 7 heteroatoms. The third kappa shape index (κ3) is 5.71. The number of fused-ring (bicyclic) bond motifs is 2. The van der Waals surface area contributed by atoms with Crippen molar-refractivity contribution in [2.75, 3.05) is 37.6 Å². The highest BCUT2D eigenvalue weighted by atomic mass is 16.1. The van der Waals surface area contributed by atoms with E-state index >= 15 is 0 Å². The van der Waals surface area contributed by atoms with Crippen LogP contribution in [0.15, 0.2) is 77.6 Å². The fourth-order valence-corrected chi connectivity index (χ4v) is 6.89. The van der Waals surface area contributed by atoms with Gasteiger partial charge in [0.2, 0.25) is 0 Å². The highest BCUT2D eigenvalue weighted by Crippen LogP contribution is 2.33. The second-order valence-corrected chi connectivity index (χ2v) is 12.0. The van der Waals surface area contributed by atoms with Gasteiger partial charge in [0.25, 0.3) is 5.56 Å². The van der Waals surface area contributed by atoms with E-state index in [9.17, 15) is 4.79 Å². The summed E-state index contributed by atoms with van der Waals surface area (Å²) in [4.78, 5) is 31.3. The Morgan fingerprint density at radius 2 is 1.52 bits per heavy atom. The summed E-state index contributed by atoms with van der Waals surface area (Å²) < 4.78 is 2.48. The number of imidazole rings is 1. The normalized spacial score (nSPS) is 16.9. The van der Waals surface area contributed by atoms with E-state index < -0.39 is 0 Å². The van der Waals surface area contributed by atoms with Crippen molar-refractivity contribution < 1.29 is 0 Å². The molecular formula is C35H40N6O. The number of nitrogens with one attached hydrogen (secondary N) is 1. The molecular weight excluding hydrogens is 520 g/mol. The van der Waals surface area contributed by atoms with Gasteiger partial charge in [-0.05, 0) is 81.6 Å². The first-order valence-corrected chi connectivity index (χ1v) is 15.7. The van der Waals surface area contributed by atoms with E-state index in [2.05, 4.69) is 55.7 Å². The summed E-state index contributed by atoms with van der Waals surface area (Å²) in [5.41, 5.74) is 6.49. The highest BCUT2D eigenvalue weighted by molar-refractivity contribution is 5.91. The maximum atomic E-state index is 13.0. The van der Waals surface area contributed by atoms with Crippen LogP contribution in [0.5, 0.6) is 0 Å². The van der Waals surface area contributed by atoms with Crippen molar-refractivity contribution in [2.24, 2.45) is 0 Å². The van der Waals surface area contributed by atoms with E-state index in [4.69, 9.17) is 9.97 Å². The van der Waals surface area contributed by atoms with Crippen molar-refractivity contribution in [3.8, 4) is 0 Å². The first-order valence-electron chi connectivity index (χ1n) is 15.7. The molecule has 0 atom stereocenters. The molecule has 0 amide bonds. The topological polar surface area (TPSA) is 70.1 Å². The van der Waals surface area contributed by atoms with Gasteiger partial charge in [-0.2, -0.15) is 0 Å². The Balaban J connectivity index is 1.20. The van der Waals surface area contributed by atoms with E-state index in [0.717, 1.165) is 73.1 Å². The number of aromatic amines is 1. The van der Waals surface area contributed by atoms with Crippen molar-refractivity contribution in [3.63, 3.8) is 0 Å². The summed E-state index contributed by atoms with van der Waals surface area (Å²) in [6.45, 7) is 6.60. The maximum Gasteiger partial charge on any atom is 0.270 e. The Bertz CT molecular complexity index is 1700. The molecule has 2 aliphatic heterocycles. The summed E-state index contributed by atoms with van der Waals surface area (Å²) in [6, 6.07) is 25.0. The van der Waals surface area contributed by atoms with Crippen LogP contribution in [-0.4, -0.2) is 57.1 Å². The zero-order chi connectivity index (χ0) is 28.3. The van der Waals surface area contributed by atoms with Crippen molar-refractivity contribution in [1.29, 1.82) is 0 Å². The zero-order valence-electron chi connectivity index (χ0n) is 24.3. The number of nitrogens with zero attached hydrogens (tertiary/aromatic N) is 5. The molecule has 2 aromatic heterocycles. The van der Waals surface area contributed by atoms with Crippen molar-refractivity contribution in [2.45, 2.75) is 57.4 Å². The minimum Gasteiger partial charge on any atom is -0.371 e. The fraction of sp³-hybridized carbons (Fsp3) is 0.400. The van der Waals surface area contributed by atoms with Gasteiger partial charge in [0, 0.05) is 37.7 Å². The van der Waals surface area contributed by atoms with Crippen LogP contribution in [0.4, 0.5) is 5.69 Å². The van der Waals surface area contributed by atoms with Crippen LogP contribution < -0.4 is 10.5 Å². The molecule has 0 radical (unpaired) electrons. The first kappa shape index (κ1) is 26.9. The molecule has 1 N–H and O–H groups in total. The van der Waals surface area contributed by atoms with E-state index in [1.54, 1.807) is 0 Å². The smallest absolute Gasteiger partial charge is 0.270 e. The standard InChI is InChI=1S/C35H40N6O/c42-35-32(23-26-11-4-1-5-12-26)36-30-25-33-31(24-29(30)38-35)37-34(41(33)20-10-19-39-17-8-3-9-18-39)27-15-21-40(22-16-27)28-13-6-2-7-14-28/h1-2,4-7,11-14,24-25,27H,3,8-10,15-23H2,(H,38,42). The summed E-state index contributed by atoms with van der Waals surface area (Å²) in [5, 5.41) is 0. The van der Waals surface area contributed by atoms with E-state index in [0.29, 0.717) is 18.0 Å². The van der Waals surface area contributed by atoms with Gasteiger partial charge in [-0.3, -0.25) is 4.79 Å². The summed E-state index contributed by atoms with van der Waals surface area (Å²) in [7, 11) is 0. The largest absolute Gasteiger partial charge is 0.371 e. The van der Waals surface area contributed by atoms with Gasteiger partial charge < -0.3 is 19.4 Å². The van der Waals surface area contributed by atoms with Gasteiger partial charge in [-0.15, -0.1) is 0 Å². The molecule has 3 aromatic carbocycles.